The third kappa shape index (κ3) is 3.36. The number of para-hydroxylation sites is 1. The van der Waals surface area contributed by atoms with Crippen molar-refractivity contribution in [2.24, 2.45) is 0 Å². The Hall–Kier alpha value is -1.77. The molecule has 0 aliphatic rings. The molecule has 2 rings (SSSR count). The van der Waals surface area contributed by atoms with E-state index in [1.54, 1.807) is 0 Å². The number of hydrogen-bond acceptors (Lipinski definition) is 2. The predicted octanol–water partition coefficient (Wildman–Crippen LogP) is 3.48. The van der Waals surface area contributed by atoms with Gasteiger partial charge in [-0.2, -0.15) is 0 Å². The van der Waals surface area contributed by atoms with Crippen molar-refractivity contribution in [3.8, 4) is 5.75 Å². The van der Waals surface area contributed by atoms with Gasteiger partial charge >= 0.3 is 0 Å². The van der Waals surface area contributed by atoms with Gasteiger partial charge in [-0.3, -0.25) is 0 Å². The van der Waals surface area contributed by atoms with Crippen LogP contribution in [0.2, 0.25) is 0 Å². The lowest BCUT2D eigenvalue weighted by atomic mass is 10.2. The maximum atomic E-state index is 5.67. The molecule has 0 amide bonds. The van der Waals surface area contributed by atoms with Crippen molar-refractivity contribution in [3.63, 3.8) is 0 Å². The highest BCUT2D eigenvalue weighted by molar-refractivity contribution is 5.20. The van der Waals surface area contributed by atoms with Gasteiger partial charge in [0.2, 0.25) is 0 Å². The minimum absolute atomic E-state index is 0.468. The molecule has 1 heterocycles. The second-order valence-corrected chi connectivity index (χ2v) is 4.65. The molecule has 0 radical (unpaired) electrons. The largest absolute Gasteiger partial charge is 0.494 e. The van der Waals surface area contributed by atoms with Gasteiger partial charge in [-0.15, -0.1) is 0 Å². The van der Waals surface area contributed by atoms with Gasteiger partial charge in [0.15, 0.2) is 0 Å². The zero-order valence-electron chi connectivity index (χ0n) is 11.0. The molecule has 1 aromatic carbocycles. The molecule has 96 valence electrons. The Morgan fingerprint density at radius 3 is 2.72 bits per heavy atom. The lowest BCUT2D eigenvalue weighted by Gasteiger charge is -2.10. The van der Waals surface area contributed by atoms with E-state index in [1.165, 1.54) is 0 Å². The maximum absolute atomic E-state index is 5.67. The van der Waals surface area contributed by atoms with Crippen LogP contribution in [-0.4, -0.2) is 16.2 Å². The zero-order chi connectivity index (χ0) is 12.8. The Kier molecular flexibility index (Phi) is 4.40. The van der Waals surface area contributed by atoms with Crippen LogP contribution >= 0.6 is 0 Å². The Morgan fingerprint density at radius 1 is 1.22 bits per heavy atom. The number of imidazole rings is 1. The quantitative estimate of drug-likeness (QED) is 0.727. The van der Waals surface area contributed by atoms with Gasteiger partial charge in [0.25, 0.3) is 0 Å². The molecule has 2 aromatic rings. The number of aryl methyl sites for hydroxylation is 1. The predicted molar refractivity (Wildman–Crippen MR) is 72.9 cm³/mol. The summed E-state index contributed by atoms with van der Waals surface area (Å²) in [7, 11) is 0. The summed E-state index contributed by atoms with van der Waals surface area (Å²) < 4.78 is 7.88. The van der Waals surface area contributed by atoms with E-state index in [0.717, 1.165) is 31.1 Å². The number of nitrogens with zero attached hydrogens (tertiary/aromatic N) is 2. The number of rotatable bonds is 6. The van der Waals surface area contributed by atoms with Crippen molar-refractivity contribution in [1.82, 2.24) is 9.55 Å². The van der Waals surface area contributed by atoms with E-state index in [0.29, 0.717) is 5.92 Å². The molecule has 3 heteroatoms. The Morgan fingerprint density at radius 2 is 2.00 bits per heavy atom. The van der Waals surface area contributed by atoms with E-state index in [9.17, 15) is 0 Å². The maximum Gasteiger partial charge on any atom is 0.119 e. The lowest BCUT2D eigenvalue weighted by Crippen LogP contribution is -2.08. The minimum Gasteiger partial charge on any atom is -0.494 e. The van der Waals surface area contributed by atoms with Gasteiger partial charge < -0.3 is 9.30 Å². The molecule has 0 aliphatic carbocycles. The van der Waals surface area contributed by atoms with Crippen molar-refractivity contribution in [2.45, 2.75) is 32.7 Å². The first-order valence-corrected chi connectivity index (χ1v) is 6.46. The number of ether oxygens (including phenoxy) is 1. The fourth-order valence-electron chi connectivity index (χ4n) is 1.95. The molecule has 0 bridgehead atoms. The van der Waals surface area contributed by atoms with Crippen LogP contribution in [-0.2, 0) is 6.54 Å². The molecule has 0 aliphatic heterocycles. The van der Waals surface area contributed by atoms with Crippen LogP contribution < -0.4 is 4.74 Å². The highest BCUT2D eigenvalue weighted by Crippen LogP contribution is 2.13. The topological polar surface area (TPSA) is 27.1 Å². The Labute approximate surface area is 108 Å². The molecular weight excluding hydrogens is 224 g/mol. The average molecular weight is 244 g/mol. The summed E-state index contributed by atoms with van der Waals surface area (Å²) in [5.41, 5.74) is 0. The van der Waals surface area contributed by atoms with Crippen LogP contribution in [0.5, 0.6) is 5.75 Å². The summed E-state index contributed by atoms with van der Waals surface area (Å²) in [6.07, 6.45) is 4.90. The summed E-state index contributed by atoms with van der Waals surface area (Å²) in [6, 6.07) is 9.94. The molecule has 0 saturated heterocycles. The average Bonchev–Trinajstić information content (AvgIpc) is 2.84. The van der Waals surface area contributed by atoms with E-state index >= 15 is 0 Å². The van der Waals surface area contributed by atoms with Gasteiger partial charge in [-0.1, -0.05) is 32.0 Å². The fourth-order valence-corrected chi connectivity index (χ4v) is 1.95. The van der Waals surface area contributed by atoms with Crippen molar-refractivity contribution in [2.75, 3.05) is 6.61 Å². The van der Waals surface area contributed by atoms with E-state index in [1.807, 2.05) is 42.7 Å². The van der Waals surface area contributed by atoms with Crippen LogP contribution in [0.15, 0.2) is 42.7 Å². The first-order chi connectivity index (χ1) is 8.77. The fraction of sp³-hybridized carbons (Fsp3) is 0.400. The first-order valence-electron chi connectivity index (χ1n) is 6.46. The summed E-state index contributed by atoms with van der Waals surface area (Å²) in [5, 5.41) is 0. The number of benzene rings is 1. The first kappa shape index (κ1) is 12.7. The van der Waals surface area contributed by atoms with Gasteiger partial charge in [0, 0.05) is 24.9 Å². The van der Waals surface area contributed by atoms with Crippen LogP contribution in [0.3, 0.4) is 0 Å². The molecule has 0 spiro atoms. The smallest absolute Gasteiger partial charge is 0.119 e. The molecule has 1 aromatic heterocycles. The molecule has 0 N–H and O–H groups in total. The number of hydrogen-bond donors (Lipinski definition) is 0. The van der Waals surface area contributed by atoms with E-state index < -0.39 is 0 Å². The second-order valence-electron chi connectivity index (χ2n) is 4.65. The number of aromatic nitrogens is 2. The molecule has 18 heavy (non-hydrogen) atoms. The molecule has 0 atom stereocenters. The van der Waals surface area contributed by atoms with E-state index in [-0.39, 0.29) is 0 Å². The van der Waals surface area contributed by atoms with Gasteiger partial charge in [-0.25, -0.2) is 4.98 Å². The zero-order valence-corrected chi connectivity index (χ0v) is 11.0. The molecule has 3 nitrogen and oxygen atoms in total. The molecular formula is C15H20N2O. The summed E-state index contributed by atoms with van der Waals surface area (Å²) in [6.45, 7) is 6.03. The third-order valence-corrected chi connectivity index (χ3v) is 2.82. The van der Waals surface area contributed by atoms with E-state index in [4.69, 9.17) is 4.74 Å². The highest BCUT2D eigenvalue weighted by Gasteiger charge is 2.06. The summed E-state index contributed by atoms with van der Waals surface area (Å²) in [4.78, 5) is 4.37. The monoisotopic (exact) mass is 244 g/mol. The van der Waals surface area contributed by atoms with E-state index in [2.05, 4.69) is 23.4 Å². The normalized spacial score (nSPS) is 10.8. The van der Waals surface area contributed by atoms with Crippen LogP contribution in [0, 0.1) is 0 Å². The standard InChI is InChI=1S/C15H20N2O/c1-13(2)15-16-9-11-17(15)10-6-12-18-14-7-4-3-5-8-14/h3-5,7-9,11,13H,6,10,12H2,1-2H3. The van der Waals surface area contributed by atoms with Gasteiger partial charge in [-0.05, 0) is 18.6 Å². The summed E-state index contributed by atoms with van der Waals surface area (Å²) in [5.74, 6) is 2.55. The summed E-state index contributed by atoms with van der Waals surface area (Å²) >= 11 is 0. The Bertz CT molecular complexity index is 462. The molecule has 0 unspecified atom stereocenters. The molecule has 0 saturated carbocycles. The van der Waals surface area contributed by atoms with Crippen LogP contribution in [0.1, 0.15) is 32.0 Å². The van der Waals surface area contributed by atoms with Crippen LogP contribution in [0.4, 0.5) is 0 Å². The second kappa shape index (κ2) is 6.24. The highest BCUT2D eigenvalue weighted by atomic mass is 16.5. The van der Waals surface area contributed by atoms with Crippen molar-refractivity contribution in [3.05, 3.63) is 48.5 Å². The SMILES string of the molecule is CC(C)c1nccn1CCCOc1ccccc1. The Balaban J connectivity index is 1.77. The van der Waals surface area contributed by atoms with Gasteiger partial charge in [0.05, 0.1) is 6.61 Å². The van der Waals surface area contributed by atoms with Crippen LogP contribution in [0.25, 0.3) is 0 Å². The van der Waals surface area contributed by atoms with Crippen molar-refractivity contribution < 1.29 is 4.74 Å². The third-order valence-electron chi connectivity index (χ3n) is 2.82. The van der Waals surface area contributed by atoms with Gasteiger partial charge in [0.1, 0.15) is 11.6 Å². The van der Waals surface area contributed by atoms with Crippen molar-refractivity contribution >= 4 is 0 Å². The lowest BCUT2D eigenvalue weighted by molar-refractivity contribution is 0.300. The van der Waals surface area contributed by atoms with Crippen molar-refractivity contribution in [1.29, 1.82) is 0 Å². The molecule has 0 fully saturated rings. The minimum atomic E-state index is 0.468.